The highest BCUT2D eigenvalue weighted by Gasteiger charge is 2.33. The SMILES string of the molecule is COc1ccc(C2CC(c3ccccc3)=NN2C(=O)CCC(=O)N2CCOCC2)cc1. The van der Waals surface area contributed by atoms with Gasteiger partial charge in [-0.3, -0.25) is 9.59 Å². The second-order valence-electron chi connectivity index (χ2n) is 7.64. The molecule has 0 N–H and O–H groups in total. The number of carbonyl (C=O) groups excluding carboxylic acids is 2. The summed E-state index contributed by atoms with van der Waals surface area (Å²) in [4.78, 5) is 27.4. The van der Waals surface area contributed by atoms with Gasteiger partial charge in [0.2, 0.25) is 11.8 Å². The molecule has 0 aromatic heterocycles. The molecule has 0 saturated carbocycles. The van der Waals surface area contributed by atoms with Crippen LogP contribution in [0.2, 0.25) is 0 Å². The molecule has 0 radical (unpaired) electrons. The molecule has 2 aromatic rings. The number of methoxy groups -OCH3 is 1. The van der Waals surface area contributed by atoms with E-state index in [0.29, 0.717) is 32.7 Å². The van der Waals surface area contributed by atoms with E-state index in [0.717, 1.165) is 22.6 Å². The summed E-state index contributed by atoms with van der Waals surface area (Å²) >= 11 is 0. The van der Waals surface area contributed by atoms with Crippen molar-refractivity contribution in [3.05, 3.63) is 65.7 Å². The maximum Gasteiger partial charge on any atom is 0.243 e. The molecule has 162 valence electrons. The molecule has 0 spiro atoms. The van der Waals surface area contributed by atoms with Crippen molar-refractivity contribution in [2.24, 2.45) is 5.10 Å². The Kier molecular flexibility index (Phi) is 6.62. The van der Waals surface area contributed by atoms with Gasteiger partial charge in [-0.1, -0.05) is 42.5 Å². The molecular formula is C24H27N3O4. The van der Waals surface area contributed by atoms with Gasteiger partial charge in [-0.05, 0) is 23.3 Å². The smallest absolute Gasteiger partial charge is 0.243 e. The Morgan fingerprint density at radius 1 is 1.00 bits per heavy atom. The maximum atomic E-state index is 13.1. The zero-order chi connectivity index (χ0) is 21.6. The van der Waals surface area contributed by atoms with E-state index in [1.165, 1.54) is 0 Å². The Morgan fingerprint density at radius 2 is 1.68 bits per heavy atom. The minimum Gasteiger partial charge on any atom is -0.497 e. The van der Waals surface area contributed by atoms with Crippen molar-refractivity contribution in [1.82, 2.24) is 9.91 Å². The Balaban J connectivity index is 1.50. The van der Waals surface area contributed by atoms with Gasteiger partial charge >= 0.3 is 0 Å². The fraction of sp³-hybridized carbons (Fsp3) is 0.375. The van der Waals surface area contributed by atoms with Gasteiger partial charge in [-0.15, -0.1) is 0 Å². The number of ether oxygens (including phenoxy) is 2. The summed E-state index contributed by atoms with van der Waals surface area (Å²) in [5, 5.41) is 6.23. The van der Waals surface area contributed by atoms with Crippen LogP contribution < -0.4 is 4.74 Å². The fourth-order valence-electron chi connectivity index (χ4n) is 3.93. The van der Waals surface area contributed by atoms with E-state index in [-0.39, 0.29) is 30.7 Å². The molecule has 2 amide bonds. The number of hydrazone groups is 1. The molecule has 1 atom stereocenters. The third-order valence-electron chi connectivity index (χ3n) is 5.69. The number of morpholine rings is 1. The van der Waals surface area contributed by atoms with Crippen molar-refractivity contribution in [2.45, 2.75) is 25.3 Å². The van der Waals surface area contributed by atoms with Crippen LogP contribution in [0.3, 0.4) is 0 Å². The van der Waals surface area contributed by atoms with Crippen LogP contribution >= 0.6 is 0 Å². The lowest BCUT2D eigenvalue weighted by Crippen LogP contribution is -2.41. The van der Waals surface area contributed by atoms with E-state index in [1.54, 1.807) is 17.0 Å². The van der Waals surface area contributed by atoms with Gasteiger partial charge in [0.1, 0.15) is 5.75 Å². The molecule has 2 aliphatic rings. The van der Waals surface area contributed by atoms with Crippen molar-refractivity contribution in [3.8, 4) is 5.75 Å². The summed E-state index contributed by atoms with van der Waals surface area (Å²) in [5.74, 6) is 0.609. The molecule has 2 aliphatic heterocycles. The Bertz CT molecular complexity index is 937. The number of nitrogens with zero attached hydrogens (tertiary/aromatic N) is 3. The highest BCUT2D eigenvalue weighted by atomic mass is 16.5. The van der Waals surface area contributed by atoms with Gasteiger partial charge in [0.25, 0.3) is 0 Å². The van der Waals surface area contributed by atoms with Crippen LogP contribution in [-0.4, -0.2) is 60.8 Å². The minimum atomic E-state index is -0.202. The maximum absolute atomic E-state index is 13.1. The van der Waals surface area contributed by atoms with E-state index in [2.05, 4.69) is 5.10 Å². The third-order valence-corrected chi connectivity index (χ3v) is 5.69. The van der Waals surface area contributed by atoms with E-state index >= 15 is 0 Å². The summed E-state index contributed by atoms with van der Waals surface area (Å²) < 4.78 is 10.6. The first-order valence-electron chi connectivity index (χ1n) is 10.6. The summed E-state index contributed by atoms with van der Waals surface area (Å²) in [7, 11) is 1.63. The standard InChI is InChI=1S/C24H27N3O4/c1-30-20-9-7-19(8-10-20)22-17-21(18-5-3-2-4-6-18)25-27(22)24(29)12-11-23(28)26-13-15-31-16-14-26/h2-10,22H,11-17H2,1H3. The van der Waals surface area contributed by atoms with Gasteiger partial charge in [-0.2, -0.15) is 5.10 Å². The van der Waals surface area contributed by atoms with Crippen molar-refractivity contribution < 1.29 is 19.1 Å². The predicted molar refractivity (Wildman–Crippen MR) is 117 cm³/mol. The lowest BCUT2D eigenvalue weighted by atomic mass is 9.98. The van der Waals surface area contributed by atoms with E-state index in [1.807, 2.05) is 54.6 Å². The zero-order valence-electron chi connectivity index (χ0n) is 17.7. The van der Waals surface area contributed by atoms with E-state index in [9.17, 15) is 9.59 Å². The van der Waals surface area contributed by atoms with Crippen LogP contribution in [0.4, 0.5) is 0 Å². The molecular weight excluding hydrogens is 394 g/mol. The highest BCUT2D eigenvalue weighted by molar-refractivity contribution is 6.03. The lowest BCUT2D eigenvalue weighted by molar-refractivity contribution is -0.140. The predicted octanol–water partition coefficient (Wildman–Crippen LogP) is 3.01. The van der Waals surface area contributed by atoms with Crippen LogP contribution in [0.5, 0.6) is 5.75 Å². The Hall–Kier alpha value is -3.19. The first-order chi connectivity index (χ1) is 15.2. The molecule has 4 rings (SSSR count). The van der Waals surface area contributed by atoms with E-state index < -0.39 is 0 Å². The number of rotatable bonds is 6. The number of benzene rings is 2. The molecule has 1 unspecified atom stereocenters. The highest BCUT2D eigenvalue weighted by Crippen LogP contribution is 2.34. The van der Waals surface area contributed by atoms with Gasteiger partial charge in [0, 0.05) is 32.4 Å². The zero-order valence-corrected chi connectivity index (χ0v) is 17.7. The number of hydrogen-bond acceptors (Lipinski definition) is 5. The number of carbonyl (C=O) groups is 2. The Morgan fingerprint density at radius 3 is 2.35 bits per heavy atom. The van der Waals surface area contributed by atoms with Crippen molar-refractivity contribution in [2.75, 3.05) is 33.4 Å². The fourth-order valence-corrected chi connectivity index (χ4v) is 3.93. The molecule has 2 aromatic carbocycles. The normalized spacial score (nSPS) is 18.6. The summed E-state index contributed by atoms with van der Waals surface area (Å²) in [6.07, 6.45) is 0.939. The average Bonchev–Trinajstić information content (AvgIpc) is 3.29. The second kappa shape index (κ2) is 9.75. The van der Waals surface area contributed by atoms with Crippen LogP contribution in [0.15, 0.2) is 59.7 Å². The molecule has 0 aliphatic carbocycles. The second-order valence-corrected chi connectivity index (χ2v) is 7.64. The van der Waals surface area contributed by atoms with E-state index in [4.69, 9.17) is 9.47 Å². The first kappa shape index (κ1) is 21.1. The molecule has 2 heterocycles. The molecule has 0 bridgehead atoms. The largest absolute Gasteiger partial charge is 0.497 e. The quantitative estimate of drug-likeness (QED) is 0.719. The van der Waals surface area contributed by atoms with Gasteiger partial charge < -0.3 is 14.4 Å². The van der Waals surface area contributed by atoms with Gasteiger partial charge in [-0.25, -0.2) is 5.01 Å². The molecule has 31 heavy (non-hydrogen) atoms. The van der Waals surface area contributed by atoms with Gasteiger partial charge in [0.05, 0.1) is 32.1 Å². The lowest BCUT2D eigenvalue weighted by Gasteiger charge is -2.27. The van der Waals surface area contributed by atoms with Crippen molar-refractivity contribution in [3.63, 3.8) is 0 Å². The molecule has 1 saturated heterocycles. The summed E-state index contributed by atoms with van der Waals surface area (Å²) in [5.41, 5.74) is 2.86. The average molecular weight is 421 g/mol. The number of amides is 2. The molecule has 1 fully saturated rings. The van der Waals surface area contributed by atoms with Crippen LogP contribution in [-0.2, 0) is 14.3 Å². The Labute approximate surface area is 182 Å². The monoisotopic (exact) mass is 421 g/mol. The van der Waals surface area contributed by atoms with Gasteiger partial charge in [0.15, 0.2) is 0 Å². The summed E-state index contributed by atoms with van der Waals surface area (Å²) in [6.45, 7) is 2.27. The molecule has 7 heteroatoms. The summed E-state index contributed by atoms with van der Waals surface area (Å²) in [6, 6.07) is 17.4. The van der Waals surface area contributed by atoms with Crippen molar-refractivity contribution in [1.29, 1.82) is 0 Å². The van der Waals surface area contributed by atoms with Crippen LogP contribution in [0, 0.1) is 0 Å². The molecule has 7 nitrogen and oxygen atoms in total. The number of hydrogen-bond donors (Lipinski definition) is 0. The van der Waals surface area contributed by atoms with Crippen molar-refractivity contribution >= 4 is 17.5 Å². The van der Waals surface area contributed by atoms with Crippen LogP contribution in [0.25, 0.3) is 0 Å². The minimum absolute atomic E-state index is 0.0101. The third kappa shape index (κ3) is 4.94. The first-order valence-corrected chi connectivity index (χ1v) is 10.6. The topological polar surface area (TPSA) is 71.4 Å². The van der Waals surface area contributed by atoms with Crippen LogP contribution in [0.1, 0.15) is 36.4 Å².